The Morgan fingerprint density at radius 1 is 1.38 bits per heavy atom. The summed E-state index contributed by atoms with van der Waals surface area (Å²) in [4.78, 5) is 12.1. The molecular formula is C15H26ClN3O2. The van der Waals surface area contributed by atoms with E-state index in [4.69, 9.17) is 11.6 Å². The van der Waals surface area contributed by atoms with E-state index in [1.54, 1.807) is 6.20 Å². The van der Waals surface area contributed by atoms with Gasteiger partial charge in [-0.1, -0.05) is 52.1 Å². The van der Waals surface area contributed by atoms with Gasteiger partial charge < -0.3 is 10.4 Å². The van der Waals surface area contributed by atoms with Crippen molar-refractivity contribution in [1.29, 1.82) is 0 Å². The molecule has 0 saturated carbocycles. The van der Waals surface area contributed by atoms with Gasteiger partial charge in [0.1, 0.15) is 5.02 Å². The molecule has 1 aromatic rings. The molecule has 1 aromatic heterocycles. The first kappa shape index (κ1) is 18.0. The van der Waals surface area contributed by atoms with Crippen molar-refractivity contribution in [2.75, 3.05) is 11.9 Å². The summed E-state index contributed by atoms with van der Waals surface area (Å²) in [6, 6.07) is 0. The smallest absolute Gasteiger partial charge is 0.287 e. The first-order chi connectivity index (χ1) is 9.90. The number of hydrogen-bond acceptors (Lipinski definition) is 4. The molecule has 0 amide bonds. The van der Waals surface area contributed by atoms with Gasteiger partial charge in [0.25, 0.3) is 5.56 Å². The van der Waals surface area contributed by atoms with Crippen LogP contribution in [-0.4, -0.2) is 27.5 Å². The van der Waals surface area contributed by atoms with Crippen molar-refractivity contribution in [2.24, 2.45) is 11.8 Å². The maximum absolute atomic E-state index is 12.1. The van der Waals surface area contributed by atoms with Gasteiger partial charge in [0, 0.05) is 13.1 Å². The zero-order chi connectivity index (χ0) is 16.0. The lowest BCUT2D eigenvalue weighted by Crippen LogP contribution is -2.30. The number of halogens is 1. The Hall–Kier alpha value is -1.07. The van der Waals surface area contributed by atoms with E-state index in [1.807, 2.05) is 13.8 Å². The number of aliphatic hydroxyl groups excluding tert-OH is 1. The predicted molar refractivity (Wildman–Crippen MR) is 86.9 cm³/mol. The maximum Gasteiger partial charge on any atom is 0.287 e. The second-order valence-electron chi connectivity index (χ2n) is 5.78. The van der Waals surface area contributed by atoms with Crippen molar-refractivity contribution >= 4 is 17.3 Å². The molecule has 6 heteroatoms. The average molecular weight is 316 g/mol. The molecule has 2 N–H and O–H groups in total. The number of nitrogens with zero attached hydrogens (tertiary/aromatic N) is 2. The van der Waals surface area contributed by atoms with Crippen LogP contribution in [0.25, 0.3) is 0 Å². The van der Waals surface area contributed by atoms with Crippen LogP contribution in [0.2, 0.25) is 5.02 Å². The summed E-state index contributed by atoms with van der Waals surface area (Å²) in [5.74, 6) is 0.562. The highest BCUT2D eigenvalue weighted by molar-refractivity contribution is 6.32. The molecule has 0 aromatic carbocycles. The number of hydrogen-bond donors (Lipinski definition) is 2. The summed E-state index contributed by atoms with van der Waals surface area (Å²) in [5.41, 5.74) is 0.180. The van der Waals surface area contributed by atoms with E-state index in [9.17, 15) is 9.90 Å². The van der Waals surface area contributed by atoms with E-state index in [0.717, 1.165) is 12.8 Å². The first-order valence-electron chi connectivity index (χ1n) is 7.58. The van der Waals surface area contributed by atoms with Gasteiger partial charge in [-0.15, -0.1) is 0 Å². The van der Waals surface area contributed by atoms with Crippen LogP contribution in [0.1, 0.15) is 40.5 Å². The van der Waals surface area contributed by atoms with Crippen molar-refractivity contribution in [1.82, 2.24) is 9.78 Å². The first-order valence-corrected chi connectivity index (χ1v) is 7.95. The average Bonchev–Trinajstić information content (AvgIpc) is 2.44. The molecular weight excluding hydrogens is 290 g/mol. The van der Waals surface area contributed by atoms with E-state index >= 15 is 0 Å². The molecule has 0 bridgehead atoms. The molecule has 1 atom stereocenters. The highest BCUT2D eigenvalue weighted by Crippen LogP contribution is 2.18. The van der Waals surface area contributed by atoms with Crippen LogP contribution >= 0.6 is 11.6 Å². The molecule has 5 nitrogen and oxygen atoms in total. The van der Waals surface area contributed by atoms with E-state index in [-0.39, 0.29) is 16.5 Å². The van der Waals surface area contributed by atoms with Gasteiger partial charge in [0.2, 0.25) is 0 Å². The molecule has 0 spiro atoms. The Kier molecular flexibility index (Phi) is 7.18. The van der Waals surface area contributed by atoms with Crippen molar-refractivity contribution < 1.29 is 5.11 Å². The molecule has 1 unspecified atom stereocenters. The molecule has 0 aliphatic carbocycles. The van der Waals surface area contributed by atoms with Gasteiger partial charge in [-0.25, -0.2) is 4.68 Å². The molecule has 0 radical (unpaired) electrons. The van der Waals surface area contributed by atoms with E-state index in [2.05, 4.69) is 24.3 Å². The normalized spacial score (nSPS) is 13.0. The van der Waals surface area contributed by atoms with Crippen LogP contribution in [-0.2, 0) is 6.54 Å². The van der Waals surface area contributed by atoms with Crippen LogP contribution in [0.5, 0.6) is 0 Å². The number of aromatic nitrogens is 2. The molecule has 0 aliphatic heterocycles. The quantitative estimate of drug-likeness (QED) is 0.774. The minimum absolute atomic E-state index is 0.127. The van der Waals surface area contributed by atoms with Gasteiger partial charge >= 0.3 is 0 Å². The fourth-order valence-corrected chi connectivity index (χ4v) is 2.49. The Morgan fingerprint density at radius 3 is 2.52 bits per heavy atom. The number of nitrogens with one attached hydrogen (secondary N) is 1. The number of rotatable bonds is 8. The highest BCUT2D eigenvalue weighted by atomic mass is 35.5. The summed E-state index contributed by atoms with van der Waals surface area (Å²) < 4.78 is 1.37. The van der Waals surface area contributed by atoms with Crippen molar-refractivity contribution in [2.45, 2.75) is 53.2 Å². The monoisotopic (exact) mass is 315 g/mol. The van der Waals surface area contributed by atoms with Gasteiger partial charge in [-0.2, -0.15) is 5.10 Å². The molecule has 120 valence electrons. The Balaban J connectivity index is 2.77. The van der Waals surface area contributed by atoms with Crippen molar-refractivity contribution in [3.63, 3.8) is 0 Å². The van der Waals surface area contributed by atoms with Crippen LogP contribution in [0, 0.1) is 11.8 Å². The van der Waals surface area contributed by atoms with Crippen molar-refractivity contribution in [3.05, 3.63) is 21.6 Å². The SMILES string of the molecule is CCC(CC)C(O)CNc1cnn(CC(C)C)c(=O)c1Cl. The van der Waals surface area contributed by atoms with Gasteiger partial charge in [-0.05, 0) is 11.8 Å². The van der Waals surface area contributed by atoms with Crippen LogP contribution in [0.4, 0.5) is 5.69 Å². The molecule has 21 heavy (non-hydrogen) atoms. The molecule has 0 saturated heterocycles. The summed E-state index contributed by atoms with van der Waals surface area (Å²) in [6.07, 6.45) is 2.92. The standard InChI is InChI=1S/C15H26ClN3O2/c1-5-11(6-2)13(20)8-17-12-7-18-19(9-10(3)4)15(21)14(12)16/h7,10-11,13,17,20H,5-6,8-9H2,1-4H3. The Bertz CT molecular complexity index is 498. The van der Waals surface area contributed by atoms with E-state index in [0.29, 0.717) is 24.7 Å². The van der Waals surface area contributed by atoms with Crippen LogP contribution in [0.15, 0.2) is 11.0 Å². The summed E-state index contributed by atoms with van der Waals surface area (Å²) in [5, 5.41) is 17.4. The fraction of sp³-hybridized carbons (Fsp3) is 0.733. The lowest BCUT2D eigenvalue weighted by atomic mass is 9.96. The number of anilines is 1. The van der Waals surface area contributed by atoms with Crippen LogP contribution in [0.3, 0.4) is 0 Å². The number of aliphatic hydroxyl groups is 1. The fourth-order valence-electron chi connectivity index (χ4n) is 2.28. The Labute approximate surface area is 131 Å². The van der Waals surface area contributed by atoms with Gasteiger partial charge in [0.15, 0.2) is 0 Å². The molecule has 1 heterocycles. The summed E-state index contributed by atoms with van der Waals surface area (Å²) in [6.45, 7) is 9.04. The third-order valence-electron chi connectivity index (χ3n) is 3.62. The minimum atomic E-state index is -0.464. The Morgan fingerprint density at radius 2 is 2.00 bits per heavy atom. The van der Waals surface area contributed by atoms with Gasteiger partial charge in [-0.3, -0.25) is 4.79 Å². The predicted octanol–water partition coefficient (Wildman–Crippen LogP) is 2.76. The minimum Gasteiger partial charge on any atom is -0.391 e. The molecule has 0 fully saturated rings. The zero-order valence-corrected chi connectivity index (χ0v) is 14.0. The van der Waals surface area contributed by atoms with E-state index < -0.39 is 6.10 Å². The molecule has 0 aliphatic rings. The summed E-state index contributed by atoms with van der Waals surface area (Å²) in [7, 11) is 0. The van der Waals surface area contributed by atoms with E-state index in [1.165, 1.54) is 4.68 Å². The third kappa shape index (κ3) is 5.00. The van der Waals surface area contributed by atoms with Crippen molar-refractivity contribution in [3.8, 4) is 0 Å². The topological polar surface area (TPSA) is 67.2 Å². The second-order valence-corrected chi connectivity index (χ2v) is 6.16. The largest absolute Gasteiger partial charge is 0.391 e. The van der Waals surface area contributed by atoms with Crippen LogP contribution < -0.4 is 10.9 Å². The third-order valence-corrected chi connectivity index (χ3v) is 3.98. The zero-order valence-electron chi connectivity index (χ0n) is 13.3. The molecule has 1 rings (SSSR count). The maximum atomic E-state index is 12.1. The summed E-state index contributed by atoms with van der Waals surface area (Å²) >= 11 is 6.10. The lowest BCUT2D eigenvalue weighted by Gasteiger charge is -2.21. The lowest BCUT2D eigenvalue weighted by molar-refractivity contribution is 0.114. The van der Waals surface area contributed by atoms with Gasteiger partial charge in [0.05, 0.1) is 18.0 Å². The second kappa shape index (κ2) is 8.39. The highest BCUT2D eigenvalue weighted by Gasteiger charge is 2.16.